The Morgan fingerprint density at radius 3 is 2.69 bits per heavy atom. The van der Waals surface area contributed by atoms with E-state index in [2.05, 4.69) is 77.3 Å². The van der Waals surface area contributed by atoms with Crippen LogP contribution in [0.4, 0.5) is 0 Å². The normalized spacial score (nSPS) is 11.5. The Morgan fingerprint density at radius 2 is 1.94 bits per heavy atom. The highest BCUT2D eigenvalue weighted by Crippen LogP contribution is 2.26. The third kappa shape index (κ3) is 4.05. The Labute approximate surface area is 197 Å². The summed E-state index contributed by atoms with van der Waals surface area (Å²) in [6.07, 6.45) is 5.10. The molecule has 4 heterocycles. The zero-order valence-electron chi connectivity index (χ0n) is 17.3. The molecule has 0 spiro atoms. The van der Waals surface area contributed by atoms with Gasteiger partial charge in [-0.15, -0.1) is 5.10 Å². The maximum Gasteiger partial charge on any atom is 0.196 e. The minimum Gasteiger partial charge on any atom is -0.313 e. The van der Waals surface area contributed by atoms with Crippen LogP contribution < -0.4 is 0 Å². The first kappa shape index (κ1) is 20.8. The van der Waals surface area contributed by atoms with Crippen molar-refractivity contribution in [1.82, 2.24) is 39.7 Å². The molecule has 8 nitrogen and oxygen atoms in total. The molecule has 162 valence electrons. The van der Waals surface area contributed by atoms with Crippen LogP contribution in [0.1, 0.15) is 31.2 Å². The van der Waals surface area contributed by atoms with E-state index < -0.39 is 0 Å². The lowest BCUT2D eigenvalue weighted by Gasteiger charge is -2.11. The van der Waals surface area contributed by atoms with Crippen LogP contribution in [0.15, 0.2) is 53.1 Å². The number of aromatic nitrogens is 8. The number of nitrogens with one attached hydrogen (secondary N) is 1. The molecule has 4 aromatic heterocycles. The first-order chi connectivity index (χ1) is 15.6. The summed E-state index contributed by atoms with van der Waals surface area (Å²) in [5, 5.41) is 14.7. The molecule has 0 amide bonds. The van der Waals surface area contributed by atoms with Gasteiger partial charge in [-0.2, -0.15) is 0 Å². The summed E-state index contributed by atoms with van der Waals surface area (Å²) in [5.41, 5.74) is 4.73. The quantitative estimate of drug-likeness (QED) is 0.303. The van der Waals surface area contributed by atoms with Gasteiger partial charge in [0.1, 0.15) is 16.5 Å². The van der Waals surface area contributed by atoms with Crippen LogP contribution in [0.5, 0.6) is 0 Å². The smallest absolute Gasteiger partial charge is 0.196 e. The van der Waals surface area contributed by atoms with Gasteiger partial charge in [-0.25, -0.2) is 15.1 Å². The number of rotatable bonds is 7. The molecule has 10 heteroatoms. The molecule has 0 aliphatic rings. The molecule has 0 saturated heterocycles. The minimum atomic E-state index is 0.476. The van der Waals surface area contributed by atoms with Crippen molar-refractivity contribution in [2.45, 2.75) is 32.7 Å². The molecule has 0 bridgehead atoms. The molecule has 5 rings (SSSR count). The molecule has 32 heavy (non-hydrogen) atoms. The van der Waals surface area contributed by atoms with Crippen molar-refractivity contribution in [3.05, 3.63) is 69.7 Å². The highest BCUT2D eigenvalue weighted by molar-refractivity contribution is 9.10. The second kappa shape index (κ2) is 8.84. The number of unbranched alkanes of at least 4 members (excludes halogenated alkanes) is 1. The van der Waals surface area contributed by atoms with Gasteiger partial charge in [-0.05, 0) is 68.7 Å². The number of H-pyrrole nitrogens is 1. The van der Waals surface area contributed by atoms with Crippen LogP contribution >= 0.6 is 27.5 Å². The number of nitrogens with zero attached hydrogens (tertiary/aromatic N) is 7. The van der Waals surface area contributed by atoms with E-state index in [0.29, 0.717) is 17.5 Å². The molecule has 0 fully saturated rings. The number of halogens is 2. The summed E-state index contributed by atoms with van der Waals surface area (Å²) in [5.74, 6) is 1.64. The van der Waals surface area contributed by atoms with E-state index in [9.17, 15) is 0 Å². The van der Waals surface area contributed by atoms with Crippen molar-refractivity contribution in [2.75, 3.05) is 0 Å². The lowest BCUT2D eigenvalue weighted by atomic mass is 10.2. The topological polar surface area (TPSA) is 90.1 Å². The lowest BCUT2D eigenvalue weighted by Crippen LogP contribution is -2.06. The van der Waals surface area contributed by atoms with E-state index in [1.165, 1.54) is 0 Å². The monoisotopic (exact) mass is 510 g/mol. The van der Waals surface area contributed by atoms with Gasteiger partial charge in [0.2, 0.25) is 0 Å². The molecule has 5 aromatic rings. The molecule has 1 aromatic carbocycles. The van der Waals surface area contributed by atoms with Gasteiger partial charge in [-0.1, -0.05) is 37.1 Å². The number of aromatic amines is 1. The molecular weight excluding hydrogens is 492 g/mol. The molecule has 1 N–H and O–H groups in total. The van der Waals surface area contributed by atoms with E-state index in [-0.39, 0.29) is 0 Å². The minimum absolute atomic E-state index is 0.476. The van der Waals surface area contributed by atoms with E-state index in [1.54, 1.807) is 6.07 Å². The van der Waals surface area contributed by atoms with E-state index >= 15 is 0 Å². The van der Waals surface area contributed by atoms with Crippen molar-refractivity contribution in [3.63, 3.8) is 0 Å². The predicted molar refractivity (Wildman–Crippen MR) is 127 cm³/mol. The summed E-state index contributed by atoms with van der Waals surface area (Å²) in [6, 6.07) is 14.1. The second-order valence-corrected chi connectivity index (χ2v) is 8.83. The van der Waals surface area contributed by atoms with Crippen molar-refractivity contribution in [2.24, 2.45) is 0 Å². The number of hydrogen-bond donors (Lipinski definition) is 1. The Hall–Kier alpha value is -3.04. The van der Waals surface area contributed by atoms with Crippen LogP contribution in [0, 0.1) is 0 Å². The van der Waals surface area contributed by atoms with Gasteiger partial charge >= 0.3 is 0 Å². The fourth-order valence-corrected chi connectivity index (χ4v) is 4.32. The van der Waals surface area contributed by atoms with Gasteiger partial charge in [-0.3, -0.25) is 0 Å². The van der Waals surface area contributed by atoms with Crippen molar-refractivity contribution in [1.29, 1.82) is 0 Å². The van der Waals surface area contributed by atoms with E-state index in [0.717, 1.165) is 57.7 Å². The maximum atomic E-state index is 6.18. The van der Waals surface area contributed by atoms with Crippen molar-refractivity contribution < 1.29 is 0 Å². The van der Waals surface area contributed by atoms with E-state index in [1.807, 2.05) is 22.9 Å². The van der Waals surface area contributed by atoms with Crippen molar-refractivity contribution >= 4 is 38.7 Å². The number of imidazole rings is 1. The molecule has 0 aliphatic carbocycles. The van der Waals surface area contributed by atoms with Crippen LogP contribution in [0.25, 0.3) is 28.4 Å². The lowest BCUT2D eigenvalue weighted by molar-refractivity contribution is 0.686. The number of tetrazole rings is 1. The molecule has 0 unspecified atom stereocenters. The summed E-state index contributed by atoms with van der Waals surface area (Å²) in [6.45, 7) is 2.86. The van der Waals surface area contributed by atoms with Crippen LogP contribution in [0.2, 0.25) is 5.15 Å². The van der Waals surface area contributed by atoms with Gasteiger partial charge in [0.05, 0.1) is 12.2 Å². The van der Waals surface area contributed by atoms with Gasteiger partial charge in [0.25, 0.3) is 0 Å². The fraction of sp³-hybridized carbons (Fsp3) is 0.227. The molecule has 0 atom stereocenters. The summed E-state index contributed by atoms with van der Waals surface area (Å²) in [4.78, 5) is 9.35. The highest BCUT2D eigenvalue weighted by Gasteiger charge is 2.14. The number of hydrogen-bond acceptors (Lipinski definition) is 5. The SMILES string of the molecule is CCCCc1nc2ccc(Cl)nc2n1Cc1ccc(-n2cc(Br)cc2-c2nnn[nH]2)cc1. The Kier molecular flexibility index (Phi) is 5.75. The van der Waals surface area contributed by atoms with Gasteiger partial charge in [0.15, 0.2) is 11.5 Å². The van der Waals surface area contributed by atoms with Gasteiger partial charge < -0.3 is 9.13 Å². The first-order valence-corrected chi connectivity index (χ1v) is 11.5. The predicted octanol–water partition coefficient (Wildman–Crippen LogP) is 5.21. The Balaban J connectivity index is 1.48. The third-order valence-electron chi connectivity index (χ3n) is 5.32. The van der Waals surface area contributed by atoms with Crippen LogP contribution in [-0.4, -0.2) is 39.7 Å². The fourth-order valence-electron chi connectivity index (χ4n) is 3.76. The maximum absolute atomic E-state index is 6.18. The zero-order valence-corrected chi connectivity index (χ0v) is 19.7. The molecule has 0 saturated carbocycles. The molecular formula is C22H20BrClN8. The highest BCUT2D eigenvalue weighted by atomic mass is 79.9. The van der Waals surface area contributed by atoms with E-state index in [4.69, 9.17) is 16.6 Å². The third-order valence-corrected chi connectivity index (χ3v) is 5.97. The largest absolute Gasteiger partial charge is 0.313 e. The van der Waals surface area contributed by atoms with Crippen LogP contribution in [-0.2, 0) is 13.0 Å². The van der Waals surface area contributed by atoms with Crippen LogP contribution in [0.3, 0.4) is 0 Å². The summed E-state index contributed by atoms with van der Waals surface area (Å²) >= 11 is 9.73. The average Bonchev–Trinajstić information content (AvgIpc) is 3.52. The first-order valence-electron chi connectivity index (χ1n) is 10.4. The average molecular weight is 512 g/mol. The Bertz CT molecular complexity index is 1360. The van der Waals surface area contributed by atoms with Crippen molar-refractivity contribution in [3.8, 4) is 17.2 Å². The number of benzene rings is 1. The number of pyridine rings is 1. The Morgan fingerprint density at radius 1 is 1.09 bits per heavy atom. The van der Waals surface area contributed by atoms with Gasteiger partial charge in [0, 0.05) is 22.8 Å². The summed E-state index contributed by atoms with van der Waals surface area (Å²) < 4.78 is 5.15. The molecule has 0 radical (unpaired) electrons. The molecule has 0 aliphatic heterocycles. The zero-order chi connectivity index (χ0) is 22.1. The second-order valence-electron chi connectivity index (χ2n) is 7.52. The number of fused-ring (bicyclic) bond motifs is 1. The standard InChI is InChI=1S/C22H20BrClN8/c1-2-3-4-20-25-17-9-10-19(24)26-22(17)32(20)12-14-5-7-16(8-6-14)31-13-15(23)11-18(31)21-27-29-30-28-21/h5-11,13H,2-4,12H2,1H3,(H,27,28,29,30). The number of aryl methyl sites for hydroxylation is 1. The summed E-state index contributed by atoms with van der Waals surface area (Å²) in [7, 11) is 0.